The molecular formula is C14H9F2NO. The Labute approximate surface area is 102 Å². The van der Waals surface area contributed by atoms with Crippen molar-refractivity contribution in [2.45, 2.75) is 0 Å². The number of halogens is 2. The topological polar surface area (TPSA) is 39.2 Å². The average Bonchev–Trinajstić information content (AvgIpc) is 2.74. The maximum absolute atomic E-state index is 13.5. The van der Waals surface area contributed by atoms with Crippen LogP contribution in [0.1, 0.15) is 0 Å². The van der Waals surface area contributed by atoms with Gasteiger partial charge in [0.2, 0.25) is 0 Å². The van der Waals surface area contributed by atoms with Gasteiger partial charge in [0.25, 0.3) is 0 Å². The molecule has 3 rings (SSSR count). The van der Waals surface area contributed by atoms with Gasteiger partial charge in [0.1, 0.15) is 11.6 Å². The van der Waals surface area contributed by atoms with Gasteiger partial charge < -0.3 is 10.2 Å². The Morgan fingerprint density at radius 1 is 1.00 bits per heavy atom. The first kappa shape index (κ1) is 10.8. The van der Waals surface area contributed by atoms with E-state index in [1.807, 2.05) is 0 Å². The minimum atomic E-state index is -0.431. The van der Waals surface area contributed by atoms with Crippen LogP contribution in [-0.2, 0) is 0 Å². The molecule has 90 valence electrons. The number of fused-ring (bicyclic) bond motifs is 1. The van der Waals surface area contributed by atoms with Crippen LogP contribution in [0.5, 0.6) is 0 Å². The van der Waals surface area contributed by atoms with Crippen molar-refractivity contribution >= 4 is 16.7 Å². The van der Waals surface area contributed by atoms with E-state index < -0.39 is 11.6 Å². The lowest BCUT2D eigenvalue weighted by molar-refractivity contribution is 0.568. The van der Waals surface area contributed by atoms with Gasteiger partial charge in [-0.3, -0.25) is 0 Å². The van der Waals surface area contributed by atoms with E-state index in [-0.39, 0.29) is 11.3 Å². The first-order valence-electron chi connectivity index (χ1n) is 5.38. The molecule has 0 aliphatic rings. The smallest absolute Gasteiger partial charge is 0.170 e. The molecule has 1 heterocycles. The number of nitrogen functional groups attached to an aromatic ring is 1. The van der Waals surface area contributed by atoms with Gasteiger partial charge in [-0.05, 0) is 30.3 Å². The fourth-order valence-electron chi connectivity index (χ4n) is 1.92. The van der Waals surface area contributed by atoms with Crippen molar-refractivity contribution in [3.63, 3.8) is 0 Å². The second-order valence-corrected chi connectivity index (χ2v) is 4.00. The normalized spacial score (nSPS) is 11.0. The highest BCUT2D eigenvalue weighted by Gasteiger charge is 2.12. The molecule has 0 fully saturated rings. The Morgan fingerprint density at radius 2 is 1.83 bits per heavy atom. The number of hydrogen-bond donors (Lipinski definition) is 1. The zero-order valence-corrected chi connectivity index (χ0v) is 9.28. The van der Waals surface area contributed by atoms with Gasteiger partial charge in [-0.25, -0.2) is 8.78 Å². The summed E-state index contributed by atoms with van der Waals surface area (Å²) in [4.78, 5) is 0. The Kier molecular flexibility index (Phi) is 2.30. The minimum Gasteiger partial charge on any atom is -0.453 e. The fourth-order valence-corrected chi connectivity index (χ4v) is 1.92. The quantitative estimate of drug-likeness (QED) is 0.659. The third-order valence-electron chi connectivity index (χ3n) is 2.78. The van der Waals surface area contributed by atoms with Crippen molar-refractivity contribution in [3.05, 3.63) is 54.1 Å². The molecule has 0 saturated carbocycles. The zero-order valence-electron chi connectivity index (χ0n) is 9.28. The molecule has 2 nitrogen and oxygen atoms in total. The molecule has 18 heavy (non-hydrogen) atoms. The second-order valence-electron chi connectivity index (χ2n) is 4.00. The lowest BCUT2D eigenvalue weighted by Gasteiger charge is -2.01. The van der Waals surface area contributed by atoms with Crippen molar-refractivity contribution in [2.75, 3.05) is 5.73 Å². The van der Waals surface area contributed by atoms with Crippen LogP contribution in [0, 0.1) is 11.6 Å². The SMILES string of the molecule is Nc1cc(F)ccc1-c1cc2cccc(F)c2o1. The molecule has 1 aromatic heterocycles. The van der Waals surface area contributed by atoms with Crippen molar-refractivity contribution in [2.24, 2.45) is 0 Å². The van der Waals surface area contributed by atoms with Crippen molar-refractivity contribution in [1.29, 1.82) is 0 Å². The van der Waals surface area contributed by atoms with Crippen LogP contribution in [0.3, 0.4) is 0 Å². The number of nitrogens with two attached hydrogens (primary N) is 1. The second kappa shape index (κ2) is 3.84. The standard InChI is InChI=1S/C14H9F2NO/c15-9-4-5-10(12(17)7-9)13-6-8-2-1-3-11(16)14(8)18-13/h1-7H,17H2. The largest absolute Gasteiger partial charge is 0.453 e. The van der Waals surface area contributed by atoms with Crippen molar-refractivity contribution in [1.82, 2.24) is 0 Å². The predicted molar refractivity (Wildman–Crippen MR) is 66.0 cm³/mol. The van der Waals surface area contributed by atoms with Gasteiger partial charge in [-0.1, -0.05) is 12.1 Å². The molecule has 0 aliphatic heterocycles. The Balaban J connectivity index is 2.23. The average molecular weight is 245 g/mol. The summed E-state index contributed by atoms with van der Waals surface area (Å²) in [5.74, 6) is -0.425. The first-order chi connectivity index (χ1) is 8.65. The van der Waals surface area contributed by atoms with E-state index in [1.54, 1.807) is 18.2 Å². The summed E-state index contributed by atoms with van der Waals surface area (Å²) >= 11 is 0. The Bertz CT molecular complexity index is 734. The molecule has 0 spiro atoms. The third-order valence-corrected chi connectivity index (χ3v) is 2.78. The molecule has 0 radical (unpaired) electrons. The van der Waals surface area contributed by atoms with E-state index in [9.17, 15) is 8.78 Å². The fraction of sp³-hybridized carbons (Fsp3) is 0. The van der Waals surface area contributed by atoms with Crippen LogP contribution in [-0.4, -0.2) is 0 Å². The zero-order chi connectivity index (χ0) is 12.7. The van der Waals surface area contributed by atoms with Crippen LogP contribution >= 0.6 is 0 Å². The maximum Gasteiger partial charge on any atom is 0.170 e. The summed E-state index contributed by atoms with van der Waals surface area (Å²) in [6.07, 6.45) is 0. The molecule has 3 aromatic rings. The molecule has 0 saturated heterocycles. The van der Waals surface area contributed by atoms with Gasteiger partial charge in [0, 0.05) is 16.6 Å². The molecule has 0 unspecified atom stereocenters. The van der Waals surface area contributed by atoms with Crippen LogP contribution in [0.2, 0.25) is 0 Å². The van der Waals surface area contributed by atoms with E-state index in [1.165, 1.54) is 24.3 Å². The van der Waals surface area contributed by atoms with Crippen LogP contribution < -0.4 is 5.73 Å². The van der Waals surface area contributed by atoms with Gasteiger partial charge in [-0.2, -0.15) is 0 Å². The lowest BCUT2D eigenvalue weighted by atomic mass is 10.1. The summed E-state index contributed by atoms with van der Waals surface area (Å²) < 4.78 is 31.9. The van der Waals surface area contributed by atoms with E-state index in [0.29, 0.717) is 16.7 Å². The summed E-state index contributed by atoms with van der Waals surface area (Å²) in [5.41, 5.74) is 6.70. The number of hydrogen-bond acceptors (Lipinski definition) is 2. The van der Waals surface area contributed by atoms with Crippen LogP contribution in [0.4, 0.5) is 14.5 Å². The monoisotopic (exact) mass is 245 g/mol. The molecule has 0 amide bonds. The van der Waals surface area contributed by atoms with Crippen LogP contribution in [0.25, 0.3) is 22.3 Å². The van der Waals surface area contributed by atoms with E-state index in [0.717, 1.165) is 0 Å². The van der Waals surface area contributed by atoms with E-state index in [2.05, 4.69) is 0 Å². The molecule has 2 N–H and O–H groups in total. The summed E-state index contributed by atoms with van der Waals surface area (Å²) in [6, 6.07) is 10.4. The van der Waals surface area contributed by atoms with Crippen molar-refractivity contribution in [3.8, 4) is 11.3 Å². The molecule has 0 atom stereocenters. The lowest BCUT2D eigenvalue weighted by Crippen LogP contribution is -1.89. The molecular weight excluding hydrogens is 236 g/mol. The highest BCUT2D eigenvalue weighted by atomic mass is 19.1. The number of rotatable bonds is 1. The van der Waals surface area contributed by atoms with Gasteiger partial charge >= 0.3 is 0 Å². The highest BCUT2D eigenvalue weighted by molar-refractivity contribution is 5.85. The van der Waals surface area contributed by atoms with Crippen molar-refractivity contribution < 1.29 is 13.2 Å². The maximum atomic E-state index is 13.5. The summed E-state index contributed by atoms with van der Waals surface area (Å²) in [7, 11) is 0. The van der Waals surface area contributed by atoms with Gasteiger partial charge in [-0.15, -0.1) is 0 Å². The minimum absolute atomic E-state index is 0.177. The third kappa shape index (κ3) is 1.62. The predicted octanol–water partition coefficient (Wildman–Crippen LogP) is 3.96. The van der Waals surface area contributed by atoms with E-state index in [4.69, 9.17) is 10.2 Å². The molecule has 0 aliphatic carbocycles. The summed E-state index contributed by atoms with van der Waals surface area (Å²) in [6.45, 7) is 0. The number of anilines is 1. The molecule has 4 heteroatoms. The first-order valence-corrected chi connectivity index (χ1v) is 5.38. The van der Waals surface area contributed by atoms with E-state index >= 15 is 0 Å². The number of para-hydroxylation sites is 1. The van der Waals surface area contributed by atoms with Gasteiger partial charge in [0.15, 0.2) is 11.4 Å². The molecule has 2 aromatic carbocycles. The highest BCUT2D eigenvalue weighted by Crippen LogP contribution is 2.32. The Morgan fingerprint density at radius 3 is 2.56 bits per heavy atom. The number of furan rings is 1. The van der Waals surface area contributed by atoms with Crippen LogP contribution in [0.15, 0.2) is 46.9 Å². The molecule has 0 bridgehead atoms. The number of benzene rings is 2. The summed E-state index contributed by atoms with van der Waals surface area (Å²) in [5, 5.41) is 0.647. The Hall–Kier alpha value is -2.36. The van der Waals surface area contributed by atoms with Gasteiger partial charge in [0.05, 0.1) is 0 Å².